The molecule has 2 unspecified atom stereocenters. The van der Waals surface area contributed by atoms with E-state index in [1.807, 2.05) is 0 Å². The van der Waals surface area contributed by atoms with Crippen LogP contribution in [0.2, 0.25) is 0 Å². The Morgan fingerprint density at radius 3 is 1.57 bits per heavy atom. The predicted molar refractivity (Wildman–Crippen MR) is 94.1 cm³/mol. The van der Waals surface area contributed by atoms with Crippen molar-refractivity contribution in [2.45, 2.75) is 116 Å². The second-order valence-electron chi connectivity index (χ2n) is 6.61. The lowest BCUT2D eigenvalue weighted by Crippen LogP contribution is -2.28. The van der Waals surface area contributed by atoms with E-state index in [0.717, 1.165) is 19.3 Å². The first-order chi connectivity index (χ1) is 11.1. The molecule has 0 aromatic rings. The fourth-order valence-electron chi connectivity index (χ4n) is 2.58. The van der Waals surface area contributed by atoms with Crippen LogP contribution in [-0.4, -0.2) is 28.6 Å². The fourth-order valence-corrected chi connectivity index (χ4v) is 2.58. The summed E-state index contributed by atoms with van der Waals surface area (Å²) in [6.07, 6.45) is 14.3. The number of ether oxygens (including phenoxy) is 1. The molecule has 0 saturated heterocycles. The van der Waals surface area contributed by atoms with Gasteiger partial charge in [-0.1, -0.05) is 84.0 Å². The van der Waals surface area contributed by atoms with Gasteiger partial charge in [0.25, 0.3) is 0 Å². The molecule has 0 rings (SSSR count). The van der Waals surface area contributed by atoms with Crippen LogP contribution in [0.5, 0.6) is 0 Å². The van der Waals surface area contributed by atoms with Crippen LogP contribution in [0, 0.1) is 0 Å². The zero-order valence-electron chi connectivity index (χ0n) is 15.3. The first kappa shape index (κ1) is 22.4. The Hall–Kier alpha value is -0.610. The molecule has 4 heteroatoms. The van der Waals surface area contributed by atoms with Gasteiger partial charge in [0.05, 0.1) is 0 Å². The van der Waals surface area contributed by atoms with Crippen LogP contribution >= 0.6 is 0 Å². The van der Waals surface area contributed by atoms with Crippen molar-refractivity contribution in [2.75, 3.05) is 0 Å². The molecule has 0 spiro atoms. The normalized spacial score (nSPS) is 13.7. The molecule has 0 saturated carbocycles. The summed E-state index contributed by atoms with van der Waals surface area (Å²) >= 11 is 0. The Balaban J connectivity index is 3.20. The average molecular weight is 331 g/mol. The summed E-state index contributed by atoms with van der Waals surface area (Å²) in [4.78, 5) is 11.4. The minimum Gasteiger partial charge on any atom is -0.433 e. The van der Waals surface area contributed by atoms with E-state index in [-0.39, 0.29) is 0 Å². The van der Waals surface area contributed by atoms with Crippen molar-refractivity contribution in [1.29, 1.82) is 0 Å². The first-order valence-electron chi connectivity index (χ1n) is 9.63. The van der Waals surface area contributed by atoms with Gasteiger partial charge in [-0.15, -0.1) is 0 Å². The molecule has 0 aromatic carbocycles. The summed E-state index contributed by atoms with van der Waals surface area (Å²) in [5.41, 5.74) is 0. The van der Waals surface area contributed by atoms with Crippen LogP contribution in [0.1, 0.15) is 104 Å². The number of rotatable bonds is 16. The molecule has 0 amide bonds. The monoisotopic (exact) mass is 330 g/mol. The smallest absolute Gasteiger partial charge is 0.308 e. The minimum absolute atomic E-state index is 0.321. The lowest BCUT2D eigenvalue weighted by atomic mass is 10.0. The Morgan fingerprint density at radius 2 is 1.17 bits per heavy atom. The molecule has 0 aromatic heterocycles. The topological polar surface area (TPSA) is 66.8 Å². The standard InChI is InChI=1S/C19H38O4/c1-3-4-5-6-7-8-9-10-11-12-13-14-15-16-18(21)23-19(22)17(2)20/h17,19-20,22H,3-16H2,1-2H3. The van der Waals surface area contributed by atoms with E-state index >= 15 is 0 Å². The van der Waals surface area contributed by atoms with Crippen molar-refractivity contribution in [3.8, 4) is 0 Å². The number of carbonyl (C=O) groups is 1. The highest BCUT2D eigenvalue weighted by atomic mass is 16.6. The molecular weight excluding hydrogens is 292 g/mol. The van der Waals surface area contributed by atoms with E-state index < -0.39 is 18.4 Å². The van der Waals surface area contributed by atoms with Crippen molar-refractivity contribution >= 4 is 5.97 Å². The van der Waals surface area contributed by atoms with Crippen molar-refractivity contribution in [3.63, 3.8) is 0 Å². The maximum Gasteiger partial charge on any atom is 0.308 e. The van der Waals surface area contributed by atoms with Gasteiger partial charge in [-0.2, -0.15) is 0 Å². The summed E-state index contributed by atoms with van der Waals surface area (Å²) in [7, 11) is 0. The van der Waals surface area contributed by atoms with Crippen LogP contribution in [0.25, 0.3) is 0 Å². The highest BCUT2D eigenvalue weighted by molar-refractivity contribution is 5.69. The molecule has 0 fully saturated rings. The summed E-state index contributed by atoms with van der Waals surface area (Å²) < 4.78 is 4.69. The van der Waals surface area contributed by atoms with Gasteiger partial charge < -0.3 is 14.9 Å². The third-order valence-electron chi connectivity index (χ3n) is 4.15. The number of carbonyl (C=O) groups excluding carboxylic acids is 1. The number of hydrogen-bond acceptors (Lipinski definition) is 4. The summed E-state index contributed by atoms with van der Waals surface area (Å²) in [5.74, 6) is -0.429. The lowest BCUT2D eigenvalue weighted by molar-refractivity contribution is -0.184. The SMILES string of the molecule is CCCCCCCCCCCCCCCC(=O)OC(O)C(C)O. The fraction of sp³-hybridized carbons (Fsp3) is 0.947. The molecule has 0 heterocycles. The second-order valence-corrected chi connectivity index (χ2v) is 6.61. The second kappa shape index (κ2) is 16.3. The van der Waals surface area contributed by atoms with Crippen LogP contribution in [-0.2, 0) is 9.53 Å². The van der Waals surface area contributed by atoms with E-state index in [1.54, 1.807) is 0 Å². The number of aliphatic hydroxyl groups is 2. The Bertz CT molecular complexity index is 266. The van der Waals surface area contributed by atoms with Crippen LogP contribution in [0.3, 0.4) is 0 Å². The third-order valence-corrected chi connectivity index (χ3v) is 4.15. The summed E-state index contributed by atoms with van der Waals surface area (Å²) in [6.45, 7) is 3.64. The number of unbranched alkanes of at least 4 members (excludes halogenated alkanes) is 12. The number of hydrogen-bond donors (Lipinski definition) is 2. The van der Waals surface area contributed by atoms with E-state index in [2.05, 4.69) is 11.7 Å². The molecule has 0 bridgehead atoms. The molecule has 0 aliphatic heterocycles. The van der Waals surface area contributed by atoms with Gasteiger partial charge in [0.1, 0.15) is 6.10 Å². The molecule has 138 valence electrons. The quantitative estimate of drug-likeness (QED) is 0.244. The van der Waals surface area contributed by atoms with Gasteiger partial charge in [0.15, 0.2) is 0 Å². The van der Waals surface area contributed by atoms with Crippen LogP contribution in [0.15, 0.2) is 0 Å². The maximum atomic E-state index is 11.4. The average Bonchev–Trinajstić information content (AvgIpc) is 2.51. The highest BCUT2D eigenvalue weighted by Crippen LogP contribution is 2.13. The third kappa shape index (κ3) is 16.0. The summed E-state index contributed by atoms with van der Waals surface area (Å²) in [6, 6.07) is 0. The van der Waals surface area contributed by atoms with Gasteiger partial charge in [-0.3, -0.25) is 4.79 Å². The van der Waals surface area contributed by atoms with Gasteiger partial charge in [0, 0.05) is 6.42 Å². The lowest BCUT2D eigenvalue weighted by Gasteiger charge is -2.14. The zero-order chi connectivity index (χ0) is 17.3. The molecule has 4 nitrogen and oxygen atoms in total. The molecule has 0 radical (unpaired) electrons. The molecular formula is C19H38O4. The molecule has 23 heavy (non-hydrogen) atoms. The number of esters is 1. The van der Waals surface area contributed by atoms with E-state index in [1.165, 1.54) is 71.1 Å². The van der Waals surface area contributed by atoms with Gasteiger partial charge in [-0.05, 0) is 13.3 Å². The molecule has 0 aliphatic carbocycles. The van der Waals surface area contributed by atoms with Crippen molar-refractivity contribution in [2.24, 2.45) is 0 Å². The van der Waals surface area contributed by atoms with Gasteiger partial charge >= 0.3 is 5.97 Å². The van der Waals surface area contributed by atoms with Gasteiger partial charge in [-0.25, -0.2) is 0 Å². The Kier molecular flexibility index (Phi) is 15.8. The van der Waals surface area contributed by atoms with Crippen molar-refractivity contribution in [3.05, 3.63) is 0 Å². The highest BCUT2D eigenvalue weighted by Gasteiger charge is 2.15. The van der Waals surface area contributed by atoms with Crippen LogP contribution < -0.4 is 0 Å². The van der Waals surface area contributed by atoms with E-state index in [0.29, 0.717) is 6.42 Å². The summed E-state index contributed by atoms with van der Waals surface area (Å²) in [5, 5.41) is 18.2. The minimum atomic E-state index is -1.40. The molecule has 2 atom stereocenters. The molecule has 0 aliphatic rings. The van der Waals surface area contributed by atoms with E-state index in [9.17, 15) is 9.90 Å². The van der Waals surface area contributed by atoms with Crippen molar-refractivity contribution < 1.29 is 19.7 Å². The molecule has 2 N–H and O–H groups in total. The van der Waals surface area contributed by atoms with Crippen LogP contribution in [0.4, 0.5) is 0 Å². The predicted octanol–water partition coefficient (Wildman–Crippen LogP) is 4.71. The van der Waals surface area contributed by atoms with Crippen molar-refractivity contribution in [1.82, 2.24) is 0 Å². The maximum absolute atomic E-state index is 11.4. The van der Waals surface area contributed by atoms with E-state index in [4.69, 9.17) is 5.11 Å². The first-order valence-corrected chi connectivity index (χ1v) is 9.63. The number of aliphatic hydroxyl groups excluding tert-OH is 2. The largest absolute Gasteiger partial charge is 0.433 e. The van der Waals surface area contributed by atoms with Gasteiger partial charge in [0.2, 0.25) is 6.29 Å². The Morgan fingerprint density at radius 1 is 0.783 bits per heavy atom. The Labute approximate surface area is 142 Å². The zero-order valence-corrected chi connectivity index (χ0v) is 15.3.